The van der Waals surface area contributed by atoms with Crippen LogP contribution in [0.15, 0.2) is 18.2 Å². The van der Waals surface area contributed by atoms with Crippen LogP contribution in [0, 0.1) is 5.92 Å². The lowest BCUT2D eigenvalue weighted by atomic mass is 10.0. The van der Waals surface area contributed by atoms with Crippen molar-refractivity contribution in [2.75, 3.05) is 0 Å². The van der Waals surface area contributed by atoms with Crippen LogP contribution in [-0.4, -0.2) is 11.9 Å². The van der Waals surface area contributed by atoms with Crippen molar-refractivity contribution >= 4 is 5.91 Å². The number of hydrogen-bond donors (Lipinski definition) is 3. The first-order valence-corrected chi connectivity index (χ1v) is 6.91. The topological polar surface area (TPSA) is 67.2 Å². The van der Waals surface area contributed by atoms with Crippen LogP contribution in [0.1, 0.15) is 37.0 Å². The van der Waals surface area contributed by atoms with Gasteiger partial charge in [-0.2, -0.15) is 0 Å². The summed E-state index contributed by atoms with van der Waals surface area (Å²) in [7, 11) is 0. The van der Waals surface area contributed by atoms with Crippen molar-refractivity contribution in [3.63, 3.8) is 0 Å². The molecule has 19 heavy (non-hydrogen) atoms. The van der Waals surface area contributed by atoms with Gasteiger partial charge in [0.25, 0.3) is 0 Å². The summed E-state index contributed by atoms with van der Waals surface area (Å²) in [5, 5.41) is 6.22. The molecule has 4 N–H and O–H groups in total. The monoisotopic (exact) mass is 261 g/mol. The molecule has 0 aliphatic carbocycles. The van der Waals surface area contributed by atoms with Gasteiger partial charge in [-0.15, -0.1) is 0 Å². The van der Waals surface area contributed by atoms with Crippen molar-refractivity contribution < 1.29 is 4.79 Å². The molecule has 1 heterocycles. The normalized spacial score (nSPS) is 15.4. The Morgan fingerprint density at radius 2 is 2.11 bits per heavy atom. The summed E-state index contributed by atoms with van der Waals surface area (Å²) in [6.07, 6.45) is 0.722. The van der Waals surface area contributed by atoms with Gasteiger partial charge in [-0.25, -0.2) is 0 Å². The highest BCUT2D eigenvalue weighted by atomic mass is 16.2. The minimum atomic E-state index is -0.406. The molecule has 0 bridgehead atoms. The molecule has 104 valence electrons. The number of rotatable bonds is 5. The number of carbonyl (C=O) groups excluding carboxylic acids is 1. The largest absolute Gasteiger partial charge is 0.351 e. The second-order valence-electron chi connectivity index (χ2n) is 5.66. The van der Waals surface area contributed by atoms with E-state index < -0.39 is 6.04 Å². The Morgan fingerprint density at radius 3 is 2.84 bits per heavy atom. The van der Waals surface area contributed by atoms with Gasteiger partial charge in [0.05, 0.1) is 6.04 Å². The van der Waals surface area contributed by atoms with E-state index in [1.54, 1.807) is 0 Å². The molecular formula is C15H23N3O. The molecule has 4 nitrogen and oxygen atoms in total. The third kappa shape index (κ3) is 3.78. The van der Waals surface area contributed by atoms with Crippen LogP contribution >= 0.6 is 0 Å². The highest BCUT2D eigenvalue weighted by Crippen LogP contribution is 2.16. The number of carbonyl (C=O) groups is 1. The van der Waals surface area contributed by atoms with Crippen LogP contribution < -0.4 is 16.4 Å². The second-order valence-corrected chi connectivity index (χ2v) is 5.66. The maximum atomic E-state index is 11.8. The van der Waals surface area contributed by atoms with Gasteiger partial charge in [-0.05, 0) is 29.0 Å². The van der Waals surface area contributed by atoms with Gasteiger partial charge < -0.3 is 16.4 Å². The molecule has 1 amide bonds. The Morgan fingerprint density at radius 1 is 1.37 bits per heavy atom. The van der Waals surface area contributed by atoms with Crippen molar-refractivity contribution in [1.82, 2.24) is 10.6 Å². The van der Waals surface area contributed by atoms with Crippen molar-refractivity contribution in [1.29, 1.82) is 0 Å². The Balaban J connectivity index is 1.87. The molecule has 0 spiro atoms. The molecule has 0 saturated carbocycles. The van der Waals surface area contributed by atoms with Gasteiger partial charge in [0.15, 0.2) is 0 Å². The Hall–Kier alpha value is -1.39. The predicted octanol–water partition coefficient (Wildman–Crippen LogP) is 1.28. The van der Waals surface area contributed by atoms with Crippen LogP contribution in [0.25, 0.3) is 0 Å². The van der Waals surface area contributed by atoms with Crippen molar-refractivity contribution in [3.8, 4) is 0 Å². The molecule has 1 aromatic carbocycles. The summed E-state index contributed by atoms with van der Waals surface area (Å²) in [6.45, 7) is 6.56. The number of nitrogens with one attached hydrogen (secondary N) is 2. The predicted molar refractivity (Wildman–Crippen MR) is 76.3 cm³/mol. The zero-order valence-electron chi connectivity index (χ0n) is 11.7. The van der Waals surface area contributed by atoms with Crippen LogP contribution in [0.3, 0.4) is 0 Å². The van der Waals surface area contributed by atoms with E-state index >= 15 is 0 Å². The molecule has 0 unspecified atom stereocenters. The summed E-state index contributed by atoms with van der Waals surface area (Å²) < 4.78 is 0. The molecule has 2 rings (SSSR count). The number of nitrogens with two attached hydrogens (primary N) is 1. The van der Waals surface area contributed by atoms with E-state index in [1.165, 1.54) is 11.1 Å². The third-order valence-electron chi connectivity index (χ3n) is 3.43. The molecule has 0 fully saturated rings. The van der Waals surface area contributed by atoms with E-state index in [1.807, 2.05) is 0 Å². The van der Waals surface area contributed by atoms with Gasteiger partial charge >= 0.3 is 0 Å². The molecule has 0 saturated heterocycles. The number of amides is 1. The highest BCUT2D eigenvalue weighted by molar-refractivity contribution is 5.81. The van der Waals surface area contributed by atoms with E-state index in [0.29, 0.717) is 12.5 Å². The fourth-order valence-electron chi connectivity index (χ4n) is 2.39. The van der Waals surface area contributed by atoms with E-state index in [2.05, 4.69) is 42.7 Å². The molecule has 1 atom stereocenters. The van der Waals surface area contributed by atoms with Gasteiger partial charge in [0.2, 0.25) is 5.91 Å². The Bertz CT molecular complexity index is 457. The summed E-state index contributed by atoms with van der Waals surface area (Å²) in [4.78, 5) is 11.8. The van der Waals surface area contributed by atoms with Gasteiger partial charge in [0, 0.05) is 19.6 Å². The quantitative estimate of drug-likeness (QED) is 0.748. The van der Waals surface area contributed by atoms with Gasteiger partial charge in [-0.1, -0.05) is 32.0 Å². The van der Waals surface area contributed by atoms with Crippen molar-refractivity contribution in [2.45, 2.75) is 45.9 Å². The van der Waals surface area contributed by atoms with Crippen molar-refractivity contribution in [3.05, 3.63) is 34.9 Å². The molecule has 0 aromatic heterocycles. The average Bonchev–Trinajstić information content (AvgIpc) is 2.82. The molecule has 1 aromatic rings. The lowest BCUT2D eigenvalue weighted by molar-refractivity contribution is -0.122. The van der Waals surface area contributed by atoms with Gasteiger partial charge in [-0.3, -0.25) is 4.79 Å². The Labute approximate surface area is 114 Å². The van der Waals surface area contributed by atoms with Crippen LogP contribution in [0.4, 0.5) is 0 Å². The van der Waals surface area contributed by atoms with Crippen molar-refractivity contribution in [2.24, 2.45) is 11.7 Å². The third-order valence-corrected chi connectivity index (χ3v) is 3.43. The van der Waals surface area contributed by atoms with Crippen LogP contribution in [0.5, 0.6) is 0 Å². The summed E-state index contributed by atoms with van der Waals surface area (Å²) >= 11 is 0. The smallest absolute Gasteiger partial charge is 0.237 e. The van der Waals surface area contributed by atoms with E-state index in [0.717, 1.165) is 25.1 Å². The molecular weight excluding hydrogens is 238 g/mol. The minimum Gasteiger partial charge on any atom is -0.351 e. The Kier molecular flexibility index (Phi) is 4.56. The van der Waals surface area contributed by atoms with Crippen LogP contribution in [-0.2, 0) is 24.4 Å². The lowest BCUT2D eigenvalue weighted by Crippen LogP contribution is -2.41. The van der Waals surface area contributed by atoms with Crippen LogP contribution in [0.2, 0.25) is 0 Å². The highest BCUT2D eigenvalue weighted by Gasteiger charge is 2.15. The summed E-state index contributed by atoms with van der Waals surface area (Å²) in [5.41, 5.74) is 9.67. The standard InChI is InChI=1S/C15H23N3O/c1-10(2)5-14(16)15(19)18-7-11-3-4-12-8-17-9-13(12)6-11/h3-4,6,10,14,17H,5,7-9,16H2,1-2H3,(H,18,19)/t14-/m0/s1. The lowest BCUT2D eigenvalue weighted by Gasteiger charge is -2.14. The first kappa shape index (κ1) is 14.0. The van der Waals surface area contributed by atoms with E-state index in [4.69, 9.17) is 5.73 Å². The number of hydrogen-bond acceptors (Lipinski definition) is 3. The minimum absolute atomic E-state index is 0.0627. The van der Waals surface area contributed by atoms with E-state index in [-0.39, 0.29) is 5.91 Å². The fraction of sp³-hybridized carbons (Fsp3) is 0.533. The first-order valence-electron chi connectivity index (χ1n) is 6.91. The number of fused-ring (bicyclic) bond motifs is 1. The summed E-state index contributed by atoms with van der Waals surface area (Å²) in [5.74, 6) is 0.374. The molecule has 0 radical (unpaired) electrons. The first-order chi connectivity index (χ1) is 9.06. The maximum Gasteiger partial charge on any atom is 0.237 e. The second kappa shape index (κ2) is 6.17. The molecule has 1 aliphatic rings. The zero-order valence-corrected chi connectivity index (χ0v) is 11.7. The van der Waals surface area contributed by atoms with E-state index in [9.17, 15) is 4.79 Å². The molecule has 4 heteroatoms. The summed E-state index contributed by atoms with van der Waals surface area (Å²) in [6, 6.07) is 5.95. The number of benzene rings is 1. The average molecular weight is 261 g/mol. The maximum absolute atomic E-state index is 11.8. The van der Waals surface area contributed by atoms with Gasteiger partial charge in [0.1, 0.15) is 0 Å². The fourth-order valence-corrected chi connectivity index (χ4v) is 2.39. The molecule has 1 aliphatic heterocycles. The zero-order chi connectivity index (χ0) is 13.8. The SMILES string of the molecule is CC(C)C[C@H](N)C(=O)NCc1ccc2c(c1)CNC2.